The minimum absolute atomic E-state index is 0.363. The summed E-state index contributed by atoms with van der Waals surface area (Å²) >= 11 is 0. The normalized spacial score (nSPS) is 12.0. The Morgan fingerprint density at radius 2 is 1.96 bits per heavy atom. The van der Waals surface area contributed by atoms with Crippen LogP contribution in [0.4, 0.5) is 13.6 Å². The highest BCUT2D eigenvalue weighted by atomic mass is 19.3. The molecule has 0 fully saturated rings. The fourth-order valence-corrected chi connectivity index (χ4v) is 2.24. The average molecular weight is 319 g/mol. The summed E-state index contributed by atoms with van der Waals surface area (Å²) in [6.45, 7) is 2.30. The third-order valence-electron chi connectivity index (χ3n) is 3.51. The Kier molecular flexibility index (Phi) is 6.02. The number of pyridine rings is 1. The maximum absolute atomic E-state index is 13.1. The van der Waals surface area contributed by atoms with E-state index in [1.807, 2.05) is 13.0 Å². The minimum atomic E-state index is -2.68. The largest absolute Gasteiger partial charge is 0.338 e. The number of carbonyl (C=O) groups is 1. The van der Waals surface area contributed by atoms with Crippen LogP contribution in [0.25, 0.3) is 0 Å². The summed E-state index contributed by atoms with van der Waals surface area (Å²) in [5.74, 6) is 0. The van der Waals surface area contributed by atoms with Crippen LogP contribution in [0.3, 0.4) is 0 Å². The van der Waals surface area contributed by atoms with Gasteiger partial charge in [0.1, 0.15) is 6.04 Å². The van der Waals surface area contributed by atoms with Gasteiger partial charge >= 0.3 is 6.03 Å². The second-order valence-electron chi connectivity index (χ2n) is 5.18. The van der Waals surface area contributed by atoms with Gasteiger partial charge in [-0.1, -0.05) is 30.3 Å². The molecule has 1 unspecified atom stereocenters. The zero-order valence-electron chi connectivity index (χ0n) is 12.8. The molecular formula is C17H19F2N3O. The number of benzene rings is 1. The van der Waals surface area contributed by atoms with E-state index in [9.17, 15) is 13.6 Å². The van der Waals surface area contributed by atoms with E-state index in [0.29, 0.717) is 18.5 Å². The molecule has 1 atom stereocenters. The maximum Gasteiger partial charge on any atom is 0.315 e. The second kappa shape index (κ2) is 8.22. The fourth-order valence-electron chi connectivity index (χ4n) is 2.24. The summed E-state index contributed by atoms with van der Waals surface area (Å²) < 4.78 is 26.3. The van der Waals surface area contributed by atoms with Gasteiger partial charge in [-0.15, -0.1) is 0 Å². The van der Waals surface area contributed by atoms with E-state index in [-0.39, 0.29) is 0 Å². The molecule has 2 aromatic rings. The van der Waals surface area contributed by atoms with Crippen molar-refractivity contribution in [2.24, 2.45) is 0 Å². The van der Waals surface area contributed by atoms with Crippen molar-refractivity contribution in [1.29, 1.82) is 0 Å². The SMILES string of the molecule is Cc1cnccc1CCNC(=O)NC(c1ccccc1)C(F)F. The number of aryl methyl sites for hydroxylation is 1. The van der Waals surface area contributed by atoms with Crippen LogP contribution in [0, 0.1) is 6.92 Å². The Morgan fingerprint density at radius 3 is 2.61 bits per heavy atom. The molecule has 0 radical (unpaired) electrons. The van der Waals surface area contributed by atoms with Crippen LogP contribution in [0.15, 0.2) is 48.8 Å². The Bertz CT molecular complexity index is 635. The first-order valence-electron chi connectivity index (χ1n) is 7.35. The molecule has 0 bridgehead atoms. The Hall–Kier alpha value is -2.50. The number of halogens is 2. The number of rotatable bonds is 6. The molecule has 0 spiro atoms. The van der Waals surface area contributed by atoms with E-state index >= 15 is 0 Å². The van der Waals surface area contributed by atoms with Crippen LogP contribution < -0.4 is 10.6 Å². The van der Waals surface area contributed by atoms with Crippen molar-refractivity contribution < 1.29 is 13.6 Å². The monoisotopic (exact) mass is 319 g/mol. The lowest BCUT2D eigenvalue weighted by atomic mass is 10.1. The topological polar surface area (TPSA) is 54.0 Å². The number of nitrogens with zero attached hydrogens (tertiary/aromatic N) is 1. The van der Waals surface area contributed by atoms with E-state index in [0.717, 1.165) is 11.1 Å². The third kappa shape index (κ3) is 5.02. The van der Waals surface area contributed by atoms with Gasteiger partial charge in [-0.05, 0) is 36.1 Å². The smallest absolute Gasteiger partial charge is 0.315 e. The second-order valence-corrected chi connectivity index (χ2v) is 5.18. The molecule has 0 aliphatic carbocycles. The van der Waals surface area contributed by atoms with E-state index in [1.54, 1.807) is 42.7 Å². The number of urea groups is 1. The van der Waals surface area contributed by atoms with Crippen molar-refractivity contribution in [2.45, 2.75) is 25.8 Å². The highest BCUT2D eigenvalue weighted by Gasteiger charge is 2.23. The summed E-state index contributed by atoms with van der Waals surface area (Å²) in [6, 6.07) is 8.15. The maximum atomic E-state index is 13.1. The summed E-state index contributed by atoms with van der Waals surface area (Å²) in [6.07, 6.45) is 1.37. The predicted octanol–water partition coefficient (Wildman–Crippen LogP) is 3.24. The average Bonchev–Trinajstić information content (AvgIpc) is 2.55. The van der Waals surface area contributed by atoms with Crippen LogP contribution in [0.1, 0.15) is 22.7 Å². The van der Waals surface area contributed by atoms with Crippen molar-refractivity contribution in [1.82, 2.24) is 15.6 Å². The number of hydrogen-bond acceptors (Lipinski definition) is 2. The first kappa shape index (κ1) is 16.9. The van der Waals surface area contributed by atoms with Crippen LogP contribution in [-0.2, 0) is 6.42 Å². The lowest BCUT2D eigenvalue weighted by Gasteiger charge is -2.18. The van der Waals surface area contributed by atoms with Crippen molar-refractivity contribution in [3.63, 3.8) is 0 Å². The standard InChI is InChI=1S/C17H19F2N3O/c1-12-11-20-9-7-13(12)8-10-21-17(23)22-15(16(18)19)14-5-3-2-4-6-14/h2-7,9,11,15-16H,8,10H2,1H3,(H2,21,22,23). The van der Waals surface area contributed by atoms with Crippen molar-refractivity contribution >= 4 is 6.03 Å². The van der Waals surface area contributed by atoms with Gasteiger partial charge in [0.15, 0.2) is 0 Å². The molecule has 1 aromatic carbocycles. The Labute approximate surface area is 133 Å². The van der Waals surface area contributed by atoms with Crippen LogP contribution >= 0.6 is 0 Å². The fraction of sp³-hybridized carbons (Fsp3) is 0.294. The van der Waals surface area contributed by atoms with E-state index in [4.69, 9.17) is 0 Å². The molecule has 6 heteroatoms. The summed E-state index contributed by atoms with van der Waals surface area (Å²) in [5.41, 5.74) is 2.47. The number of nitrogens with one attached hydrogen (secondary N) is 2. The quantitative estimate of drug-likeness (QED) is 0.859. The molecule has 1 heterocycles. The first-order valence-corrected chi connectivity index (χ1v) is 7.35. The lowest BCUT2D eigenvalue weighted by Crippen LogP contribution is -2.41. The Morgan fingerprint density at radius 1 is 1.22 bits per heavy atom. The number of hydrogen-bond donors (Lipinski definition) is 2. The van der Waals surface area contributed by atoms with Gasteiger partial charge in [0.2, 0.25) is 0 Å². The minimum Gasteiger partial charge on any atom is -0.338 e. The molecule has 0 aliphatic heterocycles. The van der Waals surface area contributed by atoms with Gasteiger partial charge in [-0.2, -0.15) is 0 Å². The zero-order valence-corrected chi connectivity index (χ0v) is 12.8. The highest BCUT2D eigenvalue weighted by Crippen LogP contribution is 2.20. The van der Waals surface area contributed by atoms with Gasteiger partial charge in [-0.3, -0.25) is 4.98 Å². The van der Waals surface area contributed by atoms with E-state index in [2.05, 4.69) is 15.6 Å². The van der Waals surface area contributed by atoms with E-state index < -0.39 is 18.5 Å². The number of amides is 2. The molecule has 2 rings (SSSR count). The van der Waals surface area contributed by atoms with Gasteiger partial charge < -0.3 is 10.6 Å². The van der Waals surface area contributed by atoms with Gasteiger partial charge in [0, 0.05) is 18.9 Å². The van der Waals surface area contributed by atoms with Crippen LogP contribution in [0.2, 0.25) is 0 Å². The molecule has 2 amide bonds. The number of carbonyl (C=O) groups excluding carboxylic acids is 1. The molecular weight excluding hydrogens is 300 g/mol. The molecule has 0 saturated carbocycles. The molecule has 23 heavy (non-hydrogen) atoms. The van der Waals surface area contributed by atoms with Crippen LogP contribution in [-0.4, -0.2) is 24.0 Å². The summed E-state index contributed by atoms with van der Waals surface area (Å²) in [7, 11) is 0. The summed E-state index contributed by atoms with van der Waals surface area (Å²) in [4.78, 5) is 15.8. The van der Waals surface area contributed by atoms with Crippen molar-refractivity contribution in [3.05, 3.63) is 65.5 Å². The predicted molar refractivity (Wildman–Crippen MR) is 84.4 cm³/mol. The number of aromatic nitrogens is 1. The molecule has 122 valence electrons. The first-order chi connectivity index (χ1) is 11.1. The van der Waals surface area contributed by atoms with Crippen molar-refractivity contribution in [2.75, 3.05) is 6.54 Å². The van der Waals surface area contributed by atoms with Gasteiger partial charge in [-0.25, -0.2) is 13.6 Å². The molecule has 2 N–H and O–H groups in total. The lowest BCUT2D eigenvalue weighted by molar-refractivity contribution is 0.101. The molecule has 0 saturated heterocycles. The third-order valence-corrected chi connectivity index (χ3v) is 3.51. The number of alkyl halides is 2. The highest BCUT2D eigenvalue weighted by molar-refractivity contribution is 5.74. The Balaban J connectivity index is 1.87. The zero-order chi connectivity index (χ0) is 16.7. The van der Waals surface area contributed by atoms with E-state index in [1.165, 1.54) is 0 Å². The van der Waals surface area contributed by atoms with Crippen LogP contribution in [0.5, 0.6) is 0 Å². The summed E-state index contributed by atoms with van der Waals surface area (Å²) in [5, 5.41) is 4.93. The molecule has 0 aliphatic rings. The van der Waals surface area contributed by atoms with Gasteiger partial charge in [0.25, 0.3) is 6.43 Å². The van der Waals surface area contributed by atoms with Gasteiger partial charge in [0.05, 0.1) is 0 Å². The van der Waals surface area contributed by atoms with Crippen molar-refractivity contribution in [3.8, 4) is 0 Å². The molecule has 4 nitrogen and oxygen atoms in total. The molecule has 1 aromatic heterocycles.